The van der Waals surface area contributed by atoms with E-state index < -0.39 is 0 Å². The van der Waals surface area contributed by atoms with Crippen LogP contribution in [0.5, 0.6) is 0 Å². The highest BCUT2D eigenvalue weighted by Crippen LogP contribution is 2.02. The van der Waals surface area contributed by atoms with Crippen molar-refractivity contribution in [3.05, 3.63) is 0 Å². The summed E-state index contributed by atoms with van der Waals surface area (Å²) in [5.41, 5.74) is 0. The molecular formula is C12H29NO3. The number of carbonyl (C=O) groups is 1. The summed E-state index contributed by atoms with van der Waals surface area (Å²) in [5.74, 6) is -0.225. The van der Waals surface area contributed by atoms with E-state index in [0.717, 1.165) is 13.0 Å². The maximum absolute atomic E-state index is 10.6. The van der Waals surface area contributed by atoms with Crippen molar-refractivity contribution in [3.63, 3.8) is 0 Å². The van der Waals surface area contributed by atoms with E-state index in [2.05, 4.69) is 10.1 Å². The fraction of sp³-hybridized carbons (Fsp3) is 0.917. The summed E-state index contributed by atoms with van der Waals surface area (Å²) in [6.45, 7) is 9.78. The first kappa shape index (κ1) is 20.8. The van der Waals surface area contributed by atoms with Crippen LogP contribution in [0.15, 0.2) is 0 Å². The molecular weight excluding hydrogens is 206 g/mol. The molecule has 1 fully saturated rings. The van der Waals surface area contributed by atoms with Gasteiger partial charge in [0, 0.05) is 12.6 Å². The Morgan fingerprint density at radius 2 is 1.94 bits per heavy atom. The number of ether oxygens (including phenoxy) is 2. The Hall–Kier alpha value is -0.610. The molecule has 1 unspecified atom stereocenters. The van der Waals surface area contributed by atoms with Crippen molar-refractivity contribution in [3.8, 4) is 0 Å². The van der Waals surface area contributed by atoms with Crippen LogP contribution in [0.4, 0.5) is 0 Å². The second-order valence-corrected chi connectivity index (χ2v) is 2.52. The van der Waals surface area contributed by atoms with Gasteiger partial charge < -0.3 is 14.8 Å². The lowest BCUT2D eigenvalue weighted by Crippen LogP contribution is -2.34. The van der Waals surface area contributed by atoms with Crippen LogP contribution < -0.4 is 5.32 Å². The quantitative estimate of drug-likeness (QED) is 0.762. The van der Waals surface area contributed by atoms with Crippen LogP contribution >= 0.6 is 0 Å². The fourth-order valence-electron chi connectivity index (χ4n) is 0.995. The van der Waals surface area contributed by atoms with Crippen molar-refractivity contribution in [2.75, 3.05) is 26.9 Å². The summed E-state index contributed by atoms with van der Waals surface area (Å²) in [5, 5.41) is 3.03. The van der Waals surface area contributed by atoms with Gasteiger partial charge in [-0.2, -0.15) is 0 Å². The molecule has 16 heavy (non-hydrogen) atoms. The Bertz CT molecular complexity index is 134. The molecule has 0 aromatic rings. The molecule has 0 radical (unpaired) electrons. The summed E-state index contributed by atoms with van der Waals surface area (Å²) in [4.78, 5) is 10.6. The van der Waals surface area contributed by atoms with Crippen LogP contribution in [0.2, 0.25) is 0 Å². The number of rotatable bonds is 3. The first-order valence-electron chi connectivity index (χ1n) is 5.71. The van der Waals surface area contributed by atoms with Gasteiger partial charge >= 0.3 is 5.97 Å². The van der Waals surface area contributed by atoms with Crippen LogP contribution in [0.25, 0.3) is 0 Å². The lowest BCUT2D eigenvalue weighted by molar-refractivity contribution is -0.139. The third kappa shape index (κ3) is 11.5. The Morgan fingerprint density at radius 1 is 1.38 bits per heavy atom. The Morgan fingerprint density at radius 3 is 2.31 bits per heavy atom. The smallest absolute Gasteiger partial charge is 0.319 e. The number of esters is 1. The average Bonchev–Trinajstić information content (AvgIpc) is 2.84. The van der Waals surface area contributed by atoms with Crippen molar-refractivity contribution < 1.29 is 14.3 Å². The molecule has 0 aromatic carbocycles. The van der Waals surface area contributed by atoms with Crippen LogP contribution in [0.1, 0.15) is 41.5 Å². The summed E-state index contributed by atoms with van der Waals surface area (Å²) >= 11 is 0. The second kappa shape index (κ2) is 16.8. The summed E-state index contributed by atoms with van der Waals surface area (Å²) in [6, 6.07) is 0.328. The molecule has 1 saturated heterocycles. The third-order valence-corrected chi connectivity index (χ3v) is 1.69. The van der Waals surface area contributed by atoms with Crippen molar-refractivity contribution >= 4 is 5.97 Å². The Balaban J connectivity index is -0.000000305. The van der Waals surface area contributed by atoms with Gasteiger partial charge in [-0.25, -0.2) is 0 Å². The summed E-state index contributed by atoms with van der Waals surface area (Å²) in [6.07, 6.45) is 0.983. The van der Waals surface area contributed by atoms with E-state index in [1.807, 2.05) is 27.7 Å². The van der Waals surface area contributed by atoms with E-state index in [9.17, 15) is 4.79 Å². The molecule has 4 heteroatoms. The predicted octanol–water partition coefficient (Wildman–Crippen LogP) is 2.23. The highest BCUT2D eigenvalue weighted by Gasteiger charge is 2.15. The molecule has 1 aliphatic rings. The van der Waals surface area contributed by atoms with Crippen LogP contribution in [0, 0.1) is 0 Å². The lowest BCUT2D eigenvalue weighted by atomic mass is 10.3. The van der Waals surface area contributed by atoms with Crippen molar-refractivity contribution in [2.45, 2.75) is 47.6 Å². The highest BCUT2D eigenvalue weighted by atomic mass is 16.5. The highest BCUT2D eigenvalue weighted by molar-refractivity contribution is 5.71. The predicted molar refractivity (Wildman–Crippen MR) is 68.7 cm³/mol. The first-order chi connectivity index (χ1) is 7.33. The van der Waals surface area contributed by atoms with Gasteiger partial charge in [-0.3, -0.25) is 4.79 Å². The van der Waals surface area contributed by atoms with Gasteiger partial charge in [-0.1, -0.05) is 35.1 Å². The molecule has 1 aliphatic heterocycles. The Labute approximate surface area is 101 Å². The van der Waals surface area contributed by atoms with E-state index in [-0.39, 0.29) is 19.9 Å². The van der Waals surface area contributed by atoms with E-state index in [0.29, 0.717) is 12.6 Å². The minimum atomic E-state index is -0.225. The standard InChI is InChI=1S/C7H13NO3.2C2H6.CH4/c1-10-7(9)4-8-6-2-3-11-5-6;2*1-2;/h6,8H,2-5H2,1H3;2*1-2H3;1H4. The minimum absolute atomic E-state index is 0. The number of hydrogen-bond acceptors (Lipinski definition) is 4. The van der Waals surface area contributed by atoms with Gasteiger partial charge in [-0.05, 0) is 6.42 Å². The Kier molecular flexibility index (Phi) is 21.8. The molecule has 0 bridgehead atoms. The zero-order chi connectivity index (χ0) is 12.1. The van der Waals surface area contributed by atoms with E-state index in [1.165, 1.54) is 7.11 Å². The van der Waals surface area contributed by atoms with Crippen LogP contribution in [-0.2, 0) is 14.3 Å². The van der Waals surface area contributed by atoms with Gasteiger partial charge in [0.25, 0.3) is 0 Å². The zero-order valence-corrected chi connectivity index (χ0v) is 10.6. The molecule has 1 atom stereocenters. The van der Waals surface area contributed by atoms with E-state index in [4.69, 9.17) is 4.74 Å². The molecule has 0 aliphatic carbocycles. The topological polar surface area (TPSA) is 47.6 Å². The van der Waals surface area contributed by atoms with Gasteiger partial charge in [-0.15, -0.1) is 0 Å². The van der Waals surface area contributed by atoms with Crippen molar-refractivity contribution in [1.29, 1.82) is 0 Å². The third-order valence-electron chi connectivity index (χ3n) is 1.69. The number of carbonyl (C=O) groups excluding carboxylic acids is 1. The SMILES string of the molecule is C.CC.CC.COC(=O)CNC1CCOC1. The van der Waals surface area contributed by atoms with Crippen LogP contribution in [-0.4, -0.2) is 38.9 Å². The zero-order valence-electron chi connectivity index (χ0n) is 10.6. The lowest BCUT2D eigenvalue weighted by Gasteiger charge is -2.07. The molecule has 0 amide bonds. The maximum Gasteiger partial charge on any atom is 0.319 e. The molecule has 1 rings (SSSR count). The number of hydrogen-bond donors (Lipinski definition) is 1. The van der Waals surface area contributed by atoms with E-state index in [1.54, 1.807) is 0 Å². The van der Waals surface area contributed by atoms with Gasteiger partial charge in [0.15, 0.2) is 0 Å². The van der Waals surface area contributed by atoms with E-state index >= 15 is 0 Å². The fourth-order valence-corrected chi connectivity index (χ4v) is 0.995. The largest absolute Gasteiger partial charge is 0.468 e. The van der Waals surface area contributed by atoms with Gasteiger partial charge in [0.2, 0.25) is 0 Å². The number of methoxy groups -OCH3 is 1. The molecule has 100 valence electrons. The van der Waals surface area contributed by atoms with Crippen LogP contribution in [0.3, 0.4) is 0 Å². The molecule has 1 heterocycles. The minimum Gasteiger partial charge on any atom is -0.468 e. The molecule has 4 nitrogen and oxygen atoms in total. The summed E-state index contributed by atoms with van der Waals surface area (Å²) < 4.78 is 9.58. The average molecular weight is 235 g/mol. The molecule has 1 N–H and O–H groups in total. The molecule has 0 aromatic heterocycles. The maximum atomic E-state index is 10.6. The van der Waals surface area contributed by atoms with Gasteiger partial charge in [0.05, 0.1) is 20.3 Å². The van der Waals surface area contributed by atoms with Crippen molar-refractivity contribution in [1.82, 2.24) is 5.32 Å². The normalized spacial score (nSPS) is 16.9. The molecule has 0 spiro atoms. The summed E-state index contributed by atoms with van der Waals surface area (Å²) in [7, 11) is 1.38. The second-order valence-electron chi connectivity index (χ2n) is 2.52. The monoisotopic (exact) mass is 235 g/mol. The first-order valence-corrected chi connectivity index (χ1v) is 5.71. The van der Waals surface area contributed by atoms with Gasteiger partial charge in [0.1, 0.15) is 0 Å². The molecule has 0 saturated carbocycles. The number of nitrogens with one attached hydrogen (secondary N) is 1. The van der Waals surface area contributed by atoms with Crippen molar-refractivity contribution in [2.24, 2.45) is 0 Å².